The Bertz CT molecular complexity index is 617. The molecule has 2 aromatic rings. The summed E-state index contributed by atoms with van der Waals surface area (Å²) < 4.78 is 19.3. The maximum absolute atomic E-state index is 13.3. The fourth-order valence-corrected chi connectivity index (χ4v) is 3.09. The molecule has 1 heterocycles. The highest BCUT2D eigenvalue weighted by atomic mass is 79.9. The third-order valence-electron chi connectivity index (χ3n) is 3.35. The lowest BCUT2D eigenvalue weighted by atomic mass is 9.93. The number of halogens is 3. The van der Waals surface area contributed by atoms with Crippen molar-refractivity contribution < 1.29 is 9.13 Å². The summed E-state index contributed by atoms with van der Waals surface area (Å²) >= 11 is 9.73. The largest absolute Gasteiger partial charge is 0.493 e. The van der Waals surface area contributed by atoms with Crippen molar-refractivity contribution >= 4 is 27.5 Å². The van der Waals surface area contributed by atoms with Gasteiger partial charge in [0.1, 0.15) is 11.6 Å². The van der Waals surface area contributed by atoms with Crippen LogP contribution in [0.1, 0.15) is 22.4 Å². The summed E-state index contributed by atoms with van der Waals surface area (Å²) in [7, 11) is 0. The normalized spacial score (nSPS) is 18.8. The van der Waals surface area contributed by atoms with Crippen molar-refractivity contribution in [3.8, 4) is 5.75 Å². The fraction of sp³-hybridized carbons (Fsp3) is 0.200. The average molecular weight is 342 g/mol. The van der Waals surface area contributed by atoms with Crippen LogP contribution in [0.15, 0.2) is 46.9 Å². The molecule has 0 aromatic heterocycles. The van der Waals surface area contributed by atoms with Crippen LogP contribution >= 0.6 is 27.5 Å². The van der Waals surface area contributed by atoms with Gasteiger partial charge in [0.15, 0.2) is 0 Å². The van der Waals surface area contributed by atoms with Gasteiger partial charge in [0.25, 0.3) is 0 Å². The first-order chi connectivity index (χ1) is 9.16. The van der Waals surface area contributed by atoms with Crippen LogP contribution in [0.25, 0.3) is 0 Å². The van der Waals surface area contributed by atoms with Gasteiger partial charge in [-0.15, -0.1) is 11.6 Å². The van der Waals surface area contributed by atoms with Gasteiger partial charge in [-0.05, 0) is 39.7 Å². The second kappa shape index (κ2) is 5.14. The number of fused-ring (bicyclic) bond motifs is 1. The molecule has 2 atom stereocenters. The Labute approximate surface area is 124 Å². The van der Waals surface area contributed by atoms with E-state index in [-0.39, 0.29) is 17.1 Å². The standard InChI is InChI=1S/C15H11BrClFO/c16-12-7-9(5-6-13(12)18)15(17)11-8-19-14-4-2-1-3-10(11)14/h1-7,11,15H,8H2. The number of hydrogen-bond donors (Lipinski definition) is 0. The Balaban J connectivity index is 1.93. The summed E-state index contributed by atoms with van der Waals surface area (Å²) in [6, 6.07) is 12.8. The first-order valence-electron chi connectivity index (χ1n) is 5.97. The highest BCUT2D eigenvalue weighted by Gasteiger charge is 2.31. The highest BCUT2D eigenvalue weighted by molar-refractivity contribution is 9.10. The van der Waals surface area contributed by atoms with Crippen LogP contribution in [0.2, 0.25) is 0 Å². The topological polar surface area (TPSA) is 9.23 Å². The third-order valence-corrected chi connectivity index (χ3v) is 4.52. The number of hydrogen-bond acceptors (Lipinski definition) is 1. The molecular weight excluding hydrogens is 331 g/mol. The van der Waals surface area contributed by atoms with E-state index in [9.17, 15) is 4.39 Å². The zero-order chi connectivity index (χ0) is 13.4. The van der Waals surface area contributed by atoms with Crippen LogP contribution in [0.5, 0.6) is 5.75 Å². The van der Waals surface area contributed by atoms with E-state index in [2.05, 4.69) is 15.9 Å². The summed E-state index contributed by atoms with van der Waals surface area (Å²) in [5.74, 6) is 0.699. The predicted octanol–water partition coefficient (Wildman–Crippen LogP) is 5.04. The van der Waals surface area contributed by atoms with Crippen LogP contribution in [0.3, 0.4) is 0 Å². The first-order valence-corrected chi connectivity index (χ1v) is 7.20. The lowest BCUT2D eigenvalue weighted by molar-refractivity contribution is 0.328. The summed E-state index contributed by atoms with van der Waals surface area (Å²) in [5.41, 5.74) is 2.00. The number of alkyl halides is 1. The molecule has 0 aliphatic carbocycles. The molecule has 0 radical (unpaired) electrons. The predicted molar refractivity (Wildman–Crippen MR) is 77.4 cm³/mol. The molecule has 2 aromatic carbocycles. The molecule has 4 heteroatoms. The van der Waals surface area contributed by atoms with E-state index >= 15 is 0 Å². The van der Waals surface area contributed by atoms with Gasteiger partial charge >= 0.3 is 0 Å². The Hall–Kier alpha value is -1.06. The number of rotatable bonds is 2. The maximum atomic E-state index is 13.3. The second-order valence-electron chi connectivity index (χ2n) is 4.53. The van der Waals surface area contributed by atoms with Gasteiger partial charge in [-0.1, -0.05) is 24.3 Å². The van der Waals surface area contributed by atoms with E-state index in [0.717, 1.165) is 16.9 Å². The van der Waals surface area contributed by atoms with Gasteiger partial charge in [-0.2, -0.15) is 0 Å². The minimum absolute atomic E-state index is 0.0928. The maximum Gasteiger partial charge on any atom is 0.137 e. The average Bonchev–Trinajstić information content (AvgIpc) is 2.85. The number of benzene rings is 2. The van der Waals surface area contributed by atoms with E-state index in [0.29, 0.717) is 11.1 Å². The molecule has 0 saturated carbocycles. The number of para-hydroxylation sites is 1. The number of ether oxygens (including phenoxy) is 1. The van der Waals surface area contributed by atoms with E-state index in [1.807, 2.05) is 24.3 Å². The van der Waals surface area contributed by atoms with Gasteiger partial charge in [0, 0.05) is 11.5 Å². The van der Waals surface area contributed by atoms with Gasteiger partial charge in [-0.3, -0.25) is 0 Å². The molecule has 1 aliphatic heterocycles. The Morgan fingerprint density at radius 1 is 1.26 bits per heavy atom. The Morgan fingerprint density at radius 2 is 2.05 bits per heavy atom. The molecule has 98 valence electrons. The minimum Gasteiger partial charge on any atom is -0.493 e. The van der Waals surface area contributed by atoms with Crippen molar-refractivity contribution in [2.24, 2.45) is 0 Å². The molecule has 2 unspecified atom stereocenters. The first kappa shape index (κ1) is 12.9. The zero-order valence-corrected chi connectivity index (χ0v) is 12.3. The van der Waals surface area contributed by atoms with Crippen LogP contribution in [0, 0.1) is 5.82 Å². The van der Waals surface area contributed by atoms with E-state index in [1.54, 1.807) is 12.1 Å². The lowest BCUT2D eigenvalue weighted by Crippen LogP contribution is -2.08. The van der Waals surface area contributed by atoms with Crippen molar-refractivity contribution in [2.75, 3.05) is 6.61 Å². The van der Waals surface area contributed by atoms with Crippen LogP contribution in [-0.2, 0) is 0 Å². The second-order valence-corrected chi connectivity index (χ2v) is 5.86. The Kier molecular flexibility index (Phi) is 3.50. The van der Waals surface area contributed by atoms with Crippen molar-refractivity contribution in [2.45, 2.75) is 11.3 Å². The van der Waals surface area contributed by atoms with Gasteiger partial charge < -0.3 is 4.74 Å². The molecule has 0 saturated heterocycles. The van der Waals surface area contributed by atoms with E-state index in [1.165, 1.54) is 6.07 Å². The minimum atomic E-state index is -0.282. The summed E-state index contributed by atoms with van der Waals surface area (Å²) in [6.07, 6.45) is 0. The van der Waals surface area contributed by atoms with Gasteiger partial charge in [0.2, 0.25) is 0 Å². The van der Waals surface area contributed by atoms with Crippen molar-refractivity contribution in [1.29, 1.82) is 0 Å². The smallest absolute Gasteiger partial charge is 0.137 e. The summed E-state index contributed by atoms with van der Waals surface area (Å²) in [4.78, 5) is 0. The molecule has 0 N–H and O–H groups in total. The van der Waals surface area contributed by atoms with Crippen molar-refractivity contribution in [3.05, 3.63) is 63.9 Å². The quantitative estimate of drug-likeness (QED) is 0.695. The molecule has 0 spiro atoms. The Morgan fingerprint density at radius 3 is 2.84 bits per heavy atom. The third kappa shape index (κ3) is 2.37. The molecule has 0 bridgehead atoms. The zero-order valence-electron chi connectivity index (χ0n) is 9.95. The summed E-state index contributed by atoms with van der Waals surface area (Å²) in [6.45, 7) is 0.558. The van der Waals surface area contributed by atoms with Crippen molar-refractivity contribution in [1.82, 2.24) is 0 Å². The molecule has 1 nitrogen and oxygen atoms in total. The molecular formula is C15H11BrClFO. The molecule has 0 fully saturated rings. The molecule has 0 amide bonds. The molecule has 3 rings (SSSR count). The highest BCUT2D eigenvalue weighted by Crippen LogP contribution is 2.44. The summed E-state index contributed by atoms with van der Waals surface area (Å²) in [5, 5.41) is -0.236. The fourth-order valence-electron chi connectivity index (χ4n) is 2.35. The lowest BCUT2D eigenvalue weighted by Gasteiger charge is -2.17. The molecule has 1 aliphatic rings. The van der Waals surface area contributed by atoms with E-state index < -0.39 is 0 Å². The van der Waals surface area contributed by atoms with Crippen LogP contribution in [-0.4, -0.2) is 6.61 Å². The molecule has 19 heavy (non-hydrogen) atoms. The van der Waals surface area contributed by atoms with Crippen LogP contribution in [0.4, 0.5) is 4.39 Å². The monoisotopic (exact) mass is 340 g/mol. The van der Waals surface area contributed by atoms with Crippen LogP contribution < -0.4 is 4.74 Å². The van der Waals surface area contributed by atoms with Crippen molar-refractivity contribution in [3.63, 3.8) is 0 Å². The van der Waals surface area contributed by atoms with Gasteiger partial charge in [-0.25, -0.2) is 4.39 Å². The van der Waals surface area contributed by atoms with Gasteiger partial charge in [0.05, 0.1) is 16.5 Å². The van der Waals surface area contributed by atoms with E-state index in [4.69, 9.17) is 16.3 Å². The SMILES string of the molecule is Fc1ccc(C(Cl)C2COc3ccccc32)cc1Br.